The van der Waals surface area contributed by atoms with Crippen molar-refractivity contribution in [3.8, 4) is 0 Å². The zero-order valence-electron chi connectivity index (χ0n) is 10.8. The zero-order chi connectivity index (χ0) is 13.2. The molecule has 0 radical (unpaired) electrons. The first-order valence-electron chi connectivity index (χ1n) is 5.71. The van der Waals surface area contributed by atoms with Crippen LogP contribution in [0.5, 0.6) is 0 Å². The zero-order valence-corrected chi connectivity index (χ0v) is 11.6. The Morgan fingerprint density at radius 2 is 2.00 bits per heavy atom. The molecular weight excluding hydrogens is 240 g/mol. The smallest absolute Gasteiger partial charge is 0.151 e. The second-order valence-electron chi connectivity index (χ2n) is 4.22. The number of sulfone groups is 1. The van der Waals surface area contributed by atoms with Gasteiger partial charge in [-0.05, 0) is 20.8 Å². The molecule has 1 aromatic heterocycles. The van der Waals surface area contributed by atoms with Crippen molar-refractivity contribution in [1.29, 1.82) is 0 Å². The fourth-order valence-electron chi connectivity index (χ4n) is 1.90. The van der Waals surface area contributed by atoms with E-state index in [1.54, 1.807) is 18.5 Å². The molecule has 5 nitrogen and oxygen atoms in total. The van der Waals surface area contributed by atoms with Gasteiger partial charge in [0.15, 0.2) is 9.84 Å². The van der Waals surface area contributed by atoms with Crippen molar-refractivity contribution in [1.82, 2.24) is 9.78 Å². The van der Waals surface area contributed by atoms with Gasteiger partial charge in [-0.25, -0.2) is 8.42 Å². The van der Waals surface area contributed by atoms with E-state index in [1.165, 1.54) is 0 Å². The summed E-state index contributed by atoms with van der Waals surface area (Å²) in [6.07, 6.45) is -0.577. The summed E-state index contributed by atoms with van der Waals surface area (Å²) in [5.41, 5.74) is 2.38. The fourth-order valence-corrected chi connectivity index (χ4v) is 2.64. The van der Waals surface area contributed by atoms with Crippen LogP contribution >= 0.6 is 0 Å². The van der Waals surface area contributed by atoms with Crippen molar-refractivity contribution < 1.29 is 13.5 Å². The average Bonchev–Trinajstić information content (AvgIpc) is 2.51. The van der Waals surface area contributed by atoms with Crippen LogP contribution in [0.3, 0.4) is 0 Å². The van der Waals surface area contributed by atoms with Crippen molar-refractivity contribution in [2.45, 2.75) is 40.3 Å². The predicted octanol–water partition coefficient (Wildman–Crippen LogP) is 0.988. The normalized spacial score (nSPS) is 13.9. The van der Waals surface area contributed by atoms with E-state index in [2.05, 4.69) is 5.10 Å². The van der Waals surface area contributed by atoms with Crippen molar-refractivity contribution in [3.63, 3.8) is 0 Å². The van der Waals surface area contributed by atoms with Crippen molar-refractivity contribution >= 4 is 9.84 Å². The topological polar surface area (TPSA) is 72.2 Å². The number of aliphatic hydroxyl groups is 1. The number of rotatable bonds is 5. The second kappa shape index (κ2) is 5.18. The van der Waals surface area contributed by atoms with Gasteiger partial charge in [0.05, 0.1) is 24.1 Å². The van der Waals surface area contributed by atoms with E-state index in [-0.39, 0.29) is 11.5 Å². The Hall–Kier alpha value is -0.880. The molecule has 6 heteroatoms. The molecule has 0 saturated carbocycles. The first kappa shape index (κ1) is 14.2. The van der Waals surface area contributed by atoms with E-state index < -0.39 is 15.9 Å². The van der Waals surface area contributed by atoms with E-state index >= 15 is 0 Å². The Labute approximate surface area is 102 Å². The van der Waals surface area contributed by atoms with Crippen LogP contribution in [0, 0.1) is 13.8 Å². The summed E-state index contributed by atoms with van der Waals surface area (Å²) in [6.45, 7) is 7.33. The van der Waals surface area contributed by atoms with Crippen molar-refractivity contribution in [2.24, 2.45) is 0 Å². The predicted molar refractivity (Wildman–Crippen MR) is 66.7 cm³/mol. The minimum Gasteiger partial charge on any atom is -0.389 e. The summed E-state index contributed by atoms with van der Waals surface area (Å²) in [6, 6.07) is 0. The fraction of sp³-hybridized carbons (Fsp3) is 0.727. The third-order valence-electron chi connectivity index (χ3n) is 2.91. The third-order valence-corrected chi connectivity index (χ3v) is 4.59. The molecule has 0 aliphatic heterocycles. The lowest BCUT2D eigenvalue weighted by atomic mass is 10.1. The lowest BCUT2D eigenvalue weighted by Gasteiger charge is -2.07. The minimum atomic E-state index is -2.98. The van der Waals surface area contributed by atoms with Crippen molar-refractivity contribution in [2.75, 3.05) is 11.5 Å². The van der Waals surface area contributed by atoms with Crippen LogP contribution in [0.25, 0.3) is 0 Å². The monoisotopic (exact) mass is 260 g/mol. The number of nitrogens with zero attached hydrogens (tertiary/aromatic N) is 2. The van der Waals surface area contributed by atoms with Crippen LogP contribution in [0.2, 0.25) is 0 Å². The maximum absolute atomic E-state index is 11.4. The molecule has 0 bridgehead atoms. The van der Waals surface area contributed by atoms with E-state index in [1.807, 2.05) is 13.8 Å². The van der Waals surface area contributed by atoms with Gasteiger partial charge in [0.1, 0.15) is 0 Å². The molecule has 1 rings (SSSR count). The molecular formula is C11H20N2O3S. The van der Waals surface area contributed by atoms with Crippen LogP contribution in [0.4, 0.5) is 0 Å². The molecule has 0 amide bonds. The lowest BCUT2D eigenvalue weighted by Crippen LogP contribution is -2.16. The Morgan fingerprint density at radius 3 is 2.41 bits per heavy atom. The van der Waals surface area contributed by atoms with Gasteiger partial charge in [-0.3, -0.25) is 4.68 Å². The summed E-state index contributed by atoms with van der Waals surface area (Å²) in [7, 11) is -2.98. The largest absolute Gasteiger partial charge is 0.389 e. The van der Waals surface area contributed by atoms with Gasteiger partial charge in [0.25, 0.3) is 0 Å². The minimum absolute atomic E-state index is 0.0880. The van der Waals surface area contributed by atoms with Gasteiger partial charge >= 0.3 is 0 Å². The highest BCUT2D eigenvalue weighted by atomic mass is 32.2. The SMILES string of the molecule is CCS(=O)(=O)CCn1nc(C)c(C(C)O)c1C. The quantitative estimate of drug-likeness (QED) is 0.857. The van der Waals surface area contributed by atoms with Gasteiger partial charge in [-0.2, -0.15) is 5.10 Å². The average molecular weight is 260 g/mol. The number of aryl methyl sites for hydroxylation is 2. The summed E-state index contributed by atoms with van der Waals surface area (Å²) >= 11 is 0. The molecule has 0 saturated heterocycles. The van der Waals surface area contributed by atoms with E-state index in [0.717, 1.165) is 17.0 Å². The molecule has 0 spiro atoms. The van der Waals surface area contributed by atoms with Crippen LogP contribution in [0.15, 0.2) is 0 Å². The number of hydrogen-bond acceptors (Lipinski definition) is 4. The summed E-state index contributed by atoms with van der Waals surface area (Å²) < 4.78 is 24.5. The number of aromatic nitrogens is 2. The maximum Gasteiger partial charge on any atom is 0.151 e. The molecule has 0 aliphatic rings. The standard InChI is InChI=1S/C11H20N2O3S/c1-5-17(15,16)7-6-13-9(3)11(10(4)14)8(2)12-13/h10,14H,5-7H2,1-4H3. The van der Waals surface area contributed by atoms with Gasteiger partial charge in [-0.1, -0.05) is 6.92 Å². The molecule has 1 atom stereocenters. The highest BCUT2D eigenvalue weighted by Crippen LogP contribution is 2.20. The first-order chi connectivity index (χ1) is 7.78. The number of aliphatic hydroxyl groups excluding tert-OH is 1. The molecule has 0 fully saturated rings. The van der Waals surface area contributed by atoms with Crippen LogP contribution < -0.4 is 0 Å². The first-order valence-corrected chi connectivity index (χ1v) is 7.53. The highest BCUT2D eigenvalue weighted by Gasteiger charge is 2.16. The Kier molecular flexibility index (Phi) is 4.32. The van der Waals surface area contributed by atoms with Gasteiger partial charge in [0.2, 0.25) is 0 Å². The summed E-state index contributed by atoms with van der Waals surface area (Å²) in [4.78, 5) is 0. The van der Waals surface area contributed by atoms with Crippen molar-refractivity contribution in [3.05, 3.63) is 17.0 Å². The summed E-state index contributed by atoms with van der Waals surface area (Å²) in [5, 5.41) is 13.9. The lowest BCUT2D eigenvalue weighted by molar-refractivity contribution is 0.197. The molecule has 1 unspecified atom stereocenters. The van der Waals surface area contributed by atoms with Gasteiger partial charge in [0, 0.05) is 17.0 Å². The van der Waals surface area contributed by atoms with Crippen LogP contribution in [-0.2, 0) is 16.4 Å². The van der Waals surface area contributed by atoms with Crippen LogP contribution in [0.1, 0.15) is 36.9 Å². The molecule has 98 valence electrons. The maximum atomic E-state index is 11.4. The van der Waals surface area contributed by atoms with Gasteiger partial charge < -0.3 is 5.11 Å². The van der Waals surface area contributed by atoms with Crippen LogP contribution in [-0.4, -0.2) is 34.8 Å². The summed E-state index contributed by atoms with van der Waals surface area (Å²) in [5.74, 6) is 0.236. The molecule has 1 N–H and O–H groups in total. The van der Waals surface area contributed by atoms with Gasteiger partial charge in [-0.15, -0.1) is 0 Å². The number of hydrogen-bond donors (Lipinski definition) is 1. The Morgan fingerprint density at radius 1 is 1.41 bits per heavy atom. The highest BCUT2D eigenvalue weighted by molar-refractivity contribution is 7.91. The second-order valence-corrected chi connectivity index (χ2v) is 6.69. The Balaban J connectivity index is 2.91. The third kappa shape index (κ3) is 3.29. The molecule has 1 aromatic rings. The Bertz CT molecular complexity index is 489. The van der Waals surface area contributed by atoms with E-state index in [0.29, 0.717) is 6.54 Å². The molecule has 0 aliphatic carbocycles. The molecule has 1 heterocycles. The molecule has 17 heavy (non-hydrogen) atoms. The molecule has 0 aromatic carbocycles. The van der Waals surface area contributed by atoms with E-state index in [4.69, 9.17) is 0 Å². The van der Waals surface area contributed by atoms with E-state index in [9.17, 15) is 13.5 Å².